The highest BCUT2D eigenvalue weighted by molar-refractivity contribution is 7.84. The van der Waals surface area contributed by atoms with Crippen molar-refractivity contribution < 1.29 is 40.1 Å². The number of carbonyl (C=O) groups excluding carboxylic acids is 1. The van der Waals surface area contributed by atoms with E-state index in [-0.39, 0.29) is 30.8 Å². The number of rotatable bonds is 14. The quantitative estimate of drug-likeness (QED) is 0.135. The zero-order chi connectivity index (χ0) is 35.3. The number of nitrogens with zero attached hydrogens (tertiary/aromatic N) is 1. The van der Waals surface area contributed by atoms with Gasteiger partial charge in [0.2, 0.25) is 5.91 Å². The molecule has 2 aliphatic rings. The SMILES string of the molecule is CS(=O)CCCC1(CCCCN2CCC(COCc3cc(C(F)(F)F)cc(C(F)(F)F)c3)(c3ccccc3)CC2)C(=O)Nc2ccccc21. The van der Waals surface area contributed by atoms with Gasteiger partial charge >= 0.3 is 12.4 Å². The van der Waals surface area contributed by atoms with Gasteiger partial charge in [-0.15, -0.1) is 0 Å². The molecule has 2 aliphatic heterocycles. The van der Waals surface area contributed by atoms with E-state index < -0.39 is 45.1 Å². The van der Waals surface area contributed by atoms with Gasteiger partial charge < -0.3 is 15.0 Å². The third-order valence-electron chi connectivity index (χ3n) is 9.98. The number of para-hydroxylation sites is 1. The minimum absolute atomic E-state index is 0.000894. The molecule has 0 aromatic heterocycles. The fourth-order valence-electron chi connectivity index (χ4n) is 7.31. The molecule has 0 aliphatic carbocycles. The maximum Gasteiger partial charge on any atom is 0.416 e. The van der Waals surface area contributed by atoms with Crippen molar-refractivity contribution in [3.8, 4) is 0 Å². The van der Waals surface area contributed by atoms with Crippen LogP contribution in [-0.4, -0.2) is 53.3 Å². The molecule has 5 nitrogen and oxygen atoms in total. The van der Waals surface area contributed by atoms with Gasteiger partial charge in [-0.05, 0) is 99.1 Å². The van der Waals surface area contributed by atoms with Gasteiger partial charge in [-0.1, -0.05) is 55.0 Å². The lowest BCUT2D eigenvalue weighted by Crippen LogP contribution is -2.45. The highest BCUT2D eigenvalue weighted by Gasteiger charge is 2.45. The summed E-state index contributed by atoms with van der Waals surface area (Å²) in [5.74, 6) is 0.549. The van der Waals surface area contributed by atoms with E-state index in [0.717, 1.165) is 61.4 Å². The predicted molar refractivity (Wildman–Crippen MR) is 179 cm³/mol. The molecule has 0 bridgehead atoms. The van der Waals surface area contributed by atoms with Crippen LogP contribution in [-0.2, 0) is 50.1 Å². The summed E-state index contributed by atoms with van der Waals surface area (Å²) in [4.78, 5) is 15.7. The first-order chi connectivity index (χ1) is 23.2. The molecular weight excluding hydrogens is 666 g/mol. The maximum atomic E-state index is 13.4. The molecule has 3 aromatic rings. The molecule has 0 radical (unpaired) electrons. The van der Waals surface area contributed by atoms with Crippen LogP contribution in [0.1, 0.15) is 72.8 Å². The zero-order valence-electron chi connectivity index (χ0n) is 27.5. The lowest BCUT2D eigenvalue weighted by Gasteiger charge is -2.42. The highest BCUT2D eigenvalue weighted by atomic mass is 32.2. The molecule has 3 aromatic carbocycles. The Morgan fingerprint density at radius 2 is 1.45 bits per heavy atom. The summed E-state index contributed by atoms with van der Waals surface area (Å²) in [5, 5.41) is 3.05. The van der Waals surface area contributed by atoms with E-state index in [4.69, 9.17) is 4.74 Å². The molecular formula is C37H42F6N2O3S. The predicted octanol–water partition coefficient (Wildman–Crippen LogP) is 8.49. The van der Waals surface area contributed by atoms with Crippen molar-refractivity contribution in [3.63, 3.8) is 0 Å². The first-order valence-corrected chi connectivity index (χ1v) is 18.3. The Morgan fingerprint density at radius 1 is 0.837 bits per heavy atom. The molecule has 12 heteroatoms. The van der Waals surface area contributed by atoms with Crippen LogP contribution in [0.4, 0.5) is 32.0 Å². The number of alkyl halides is 6. The zero-order valence-corrected chi connectivity index (χ0v) is 28.3. The number of unbranched alkanes of at least 4 members (excludes halogenated alkanes) is 1. The van der Waals surface area contributed by atoms with Gasteiger partial charge in [0.1, 0.15) is 0 Å². The number of likely N-dealkylation sites (tertiary alicyclic amines) is 1. The van der Waals surface area contributed by atoms with Crippen LogP contribution >= 0.6 is 0 Å². The summed E-state index contributed by atoms with van der Waals surface area (Å²) in [7, 11) is -0.934. The minimum atomic E-state index is -4.92. The van der Waals surface area contributed by atoms with Crippen molar-refractivity contribution >= 4 is 22.4 Å². The normalized spacial score (nSPS) is 20.2. The molecule has 1 N–H and O–H groups in total. The van der Waals surface area contributed by atoms with Crippen LogP contribution in [0.25, 0.3) is 0 Å². The molecule has 2 heterocycles. The Hall–Kier alpha value is -3.22. The van der Waals surface area contributed by atoms with Crippen LogP contribution in [0.15, 0.2) is 72.8 Å². The van der Waals surface area contributed by atoms with E-state index >= 15 is 0 Å². The Balaban J connectivity index is 1.20. The molecule has 2 atom stereocenters. The van der Waals surface area contributed by atoms with Crippen molar-refractivity contribution in [1.82, 2.24) is 4.90 Å². The van der Waals surface area contributed by atoms with Crippen LogP contribution < -0.4 is 5.32 Å². The summed E-state index contributed by atoms with van der Waals surface area (Å²) in [6.45, 7) is 2.10. The second-order valence-electron chi connectivity index (χ2n) is 13.3. The fourth-order valence-corrected chi connectivity index (χ4v) is 7.86. The highest BCUT2D eigenvalue weighted by Crippen LogP contribution is 2.45. The largest absolute Gasteiger partial charge is 0.416 e. The van der Waals surface area contributed by atoms with E-state index in [0.29, 0.717) is 37.9 Å². The van der Waals surface area contributed by atoms with Gasteiger partial charge in [0.15, 0.2) is 0 Å². The van der Waals surface area contributed by atoms with E-state index in [1.54, 1.807) is 6.26 Å². The van der Waals surface area contributed by atoms with E-state index in [1.807, 2.05) is 54.6 Å². The summed E-state index contributed by atoms with van der Waals surface area (Å²) in [6, 6.07) is 19.0. The van der Waals surface area contributed by atoms with Gasteiger partial charge in [-0.25, -0.2) is 0 Å². The summed E-state index contributed by atoms with van der Waals surface area (Å²) in [6.07, 6.45) is -3.01. The number of nitrogens with one attached hydrogen (secondary N) is 1. The van der Waals surface area contributed by atoms with Gasteiger partial charge in [0, 0.05) is 33.9 Å². The monoisotopic (exact) mass is 708 g/mol. The van der Waals surface area contributed by atoms with Crippen molar-refractivity contribution in [3.05, 3.63) is 101 Å². The molecule has 1 fully saturated rings. The number of halogens is 6. The number of amides is 1. The van der Waals surface area contributed by atoms with Gasteiger partial charge in [0.25, 0.3) is 0 Å². The fraction of sp³-hybridized carbons (Fsp3) is 0.486. The van der Waals surface area contributed by atoms with Crippen LogP contribution in [0.3, 0.4) is 0 Å². The van der Waals surface area contributed by atoms with Crippen molar-refractivity contribution in [2.24, 2.45) is 0 Å². The number of ether oxygens (including phenoxy) is 1. The summed E-state index contributed by atoms with van der Waals surface area (Å²) in [5.41, 5.74) is -1.10. The average Bonchev–Trinajstić information content (AvgIpc) is 3.33. The van der Waals surface area contributed by atoms with Crippen molar-refractivity contribution in [2.75, 3.05) is 43.6 Å². The lowest BCUT2D eigenvalue weighted by atomic mass is 9.73. The molecule has 1 amide bonds. The van der Waals surface area contributed by atoms with Gasteiger partial charge in [-0.3, -0.25) is 9.00 Å². The molecule has 2 unspecified atom stereocenters. The topological polar surface area (TPSA) is 58.6 Å². The van der Waals surface area contributed by atoms with Crippen LogP contribution in [0, 0.1) is 0 Å². The molecule has 0 spiro atoms. The average molecular weight is 709 g/mol. The molecule has 5 rings (SSSR count). The lowest BCUT2D eigenvalue weighted by molar-refractivity contribution is -0.143. The van der Waals surface area contributed by atoms with E-state index in [9.17, 15) is 35.3 Å². The second kappa shape index (κ2) is 15.3. The third kappa shape index (κ3) is 8.93. The van der Waals surface area contributed by atoms with Crippen LogP contribution in [0.2, 0.25) is 0 Å². The van der Waals surface area contributed by atoms with E-state index in [2.05, 4.69) is 10.2 Å². The Labute approximate surface area is 285 Å². The molecule has 266 valence electrons. The molecule has 0 saturated carbocycles. The standard InChI is InChI=1S/C37H42F6N2O3S/c1-49(47)21-9-15-35(31-12-5-6-13-32(31)44-33(35)46)14-7-8-18-45-19-16-34(17-20-45,28-10-3-2-4-11-28)26-48-25-27-22-29(36(38,39)40)24-30(23-27)37(41,42)43/h2-6,10-13,22-24H,7-9,14-21,25-26H2,1H3,(H,44,46). The number of fused-ring (bicyclic) bond motifs is 1. The Bertz CT molecular complexity index is 1570. The number of benzene rings is 3. The molecule has 1 saturated heterocycles. The Kier molecular flexibility index (Phi) is 11.6. The number of hydrogen-bond donors (Lipinski definition) is 1. The Morgan fingerprint density at radius 3 is 2.08 bits per heavy atom. The number of hydrogen-bond acceptors (Lipinski definition) is 4. The number of anilines is 1. The number of piperidine rings is 1. The van der Waals surface area contributed by atoms with Gasteiger partial charge in [-0.2, -0.15) is 26.3 Å². The first kappa shape index (κ1) is 37.0. The van der Waals surface area contributed by atoms with Crippen molar-refractivity contribution in [1.29, 1.82) is 0 Å². The minimum Gasteiger partial charge on any atom is -0.376 e. The van der Waals surface area contributed by atoms with E-state index in [1.165, 1.54) is 0 Å². The maximum absolute atomic E-state index is 13.4. The van der Waals surface area contributed by atoms with Gasteiger partial charge in [0.05, 0.1) is 29.8 Å². The smallest absolute Gasteiger partial charge is 0.376 e. The molecule has 49 heavy (non-hydrogen) atoms. The number of carbonyl (C=O) groups is 1. The summed E-state index contributed by atoms with van der Waals surface area (Å²) < 4.78 is 98.0. The second-order valence-corrected chi connectivity index (χ2v) is 14.9. The third-order valence-corrected chi connectivity index (χ3v) is 10.8. The van der Waals surface area contributed by atoms with Crippen LogP contribution in [0.5, 0.6) is 0 Å². The summed E-state index contributed by atoms with van der Waals surface area (Å²) >= 11 is 0. The first-order valence-electron chi connectivity index (χ1n) is 16.6. The van der Waals surface area contributed by atoms with Crippen molar-refractivity contribution in [2.45, 2.75) is 74.7 Å².